The van der Waals surface area contributed by atoms with Crippen molar-refractivity contribution in [3.63, 3.8) is 0 Å². The molecule has 0 aromatic carbocycles. The van der Waals surface area contributed by atoms with Crippen molar-refractivity contribution >= 4 is 28.3 Å². The zero-order valence-electron chi connectivity index (χ0n) is 12.9. The van der Waals surface area contributed by atoms with Crippen molar-refractivity contribution in [1.29, 1.82) is 0 Å². The van der Waals surface area contributed by atoms with Crippen LogP contribution in [0.25, 0.3) is 0 Å². The monoisotopic (exact) mass is 343 g/mol. The molecule has 21 heavy (non-hydrogen) atoms. The molecule has 1 rings (SSSR count). The zero-order chi connectivity index (χ0) is 15.2. The summed E-state index contributed by atoms with van der Waals surface area (Å²) in [5.41, 5.74) is 0. The Morgan fingerprint density at radius 2 is 1.90 bits per heavy atom. The molecule has 1 heterocycles. The Morgan fingerprint density at radius 1 is 1.33 bits per heavy atom. The second kappa shape index (κ2) is 9.58. The van der Waals surface area contributed by atoms with Gasteiger partial charge in [0.15, 0.2) is 0 Å². The Hall–Kier alpha value is -0.410. The number of nitrogens with one attached hydrogen (secondary N) is 1. The van der Waals surface area contributed by atoms with Crippen molar-refractivity contribution < 1.29 is 17.9 Å². The van der Waals surface area contributed by atoms with Gasteiger partial charge >= 0.3 is 0 Å². The lowest BCUT2D eigenvalue weighted by Crippen LogP contribution is -2.50. The lowest BCUT2D eigenvalue weighted by Gasteiger charge is -2.29. The van der Waals surface area contributed by atoms with Crippen molar-refractivity contribution in [2.75, 3.05) is 52.1 Å². The summed E-state index contributed by atoms with van der Waals surface area (Å²) in [5.74, 6) is -0.251. The van der Waals surface area contributed by atoms with E-state index in [1.54, 1.807) is 4.90 Å². The minimum Gasteiger partial charge on any atom is -0.378 e. The number of likely N-dealkylation sites (N-methyl/N-ethyl adjacent to an activating group) is 1. The van der Waals surface area contributed by atoms with Crippen LogP contribution in [-0.4, -0.2) is 81.8 Å². The molecular weight excluding hydrogens is 318 g/mol. The van der Waals surface area contributed by atoms with Crippen molar-refractivity contribution in [2.24, 2.45) is 0 Å². The fraction of sp³-hybridized carbons (Fsp3) is 0.917. The van der Waals surface area contributed by atoms with Crippen LogP contribution in [0.15, 0.2) is 0 Å². The van der Waals surface area contributed by atoms with Crippen LogP contribution in [0.2, 0.25) is 0 Å². The van der Waals surface area contributed by atoms with E-state index in [4.69, 9.17) is 4.74 Å². The summed E-state index contributed by atoms with van der Waals surface area (Å²) in [4.78, 5) is 13.7. The summed E-state index contributed by atoms with van der Waals surface area (Å²) >= 11 is 0. The molecule has 9 heteroatoms. The number of piperazine rings is 1. The number of nitrogens with zero attached hydrogens (tertiary/aromatic N) is 2. The van der Waals surface area contributed by atoms with Crippen LogP contribution in [0.1, 0.15) is 13.8 Å². The van der Waals surface area contributed by atoms with Gasteiger partial charge in [0.05, 0.1) is 25.0 Å². The van der Waals surface area contributed by atoms with Crippen molar-refractivity contribution in [1.82, 2.24) is 14.5 Å². The van der Waals surface area contributed by atoms with Crippen LogP contribution >= 0.6 is 12.4 Å². The van der Waals surface area contributed by atoms with Gasteiger partial charge in [-0.25, -0.2) is 8.42 Å². The first-order valence-electron chi connectivity index (χ1n) is 6.87. The van der Waals surface area contributed by atoms with E-state index in [1.807, 2.05) is 13.8 Å². The summed E-state index contributed by atoms with van der Waals surface area (Å²) in [6, 6.07) is 0. The summed E-state index contributed by atoms with van der Waals surface area (Å²) in [6.45, 7) is 6.51. The van der Waals surface area contributed by atoms with Gasteiger partial charge in [-0.2, -0.15) is 4.31 Å². The largest absolute Gasteiger partial charge is 0.378 e. The molecule has 0 aromatic rings. The first-order chi connectivity index (χ1) is 9.33. The molecule has 0 saturated carbocycles. The van der Waals surface area contributed by atoms with E-state index in [0.29, 0.717) is 13.1 Å². The fourth-order valence-electron chi connectivity index (χ4n) is 1.85. The molecule has 0 unspecified atom stereocenters. The van der Waals surface area contributed by atoms with Gasteiger partial charge in [-0.05, 0) is 13.8 Å². The van der Waals surface area contributed by atoms with Gasteiger partial charge in [-0.15, -0.1) is 12.4 Å². The third-order valence-electron chi connectivity index (χ3n) is 3.09. The second-order valence-corrected chi connectivity index (χ2v) is 7.32. The van der Waals surface area contributed by atoms with E-state index in [2.05, 4.69) is 5.32 Å². The maximum absolute atomic E-state index is 12.0. The number of rotatable bonds is 7. The number of sulfonamides is 1. The number of amides is 1. The molecular formula is C12H26ClN3O4S. The van der Waals surface area contributed by atoms with E-state index in [0.717, 1.165) is 17.4 Å². The molecule has 0 aromatic heterocycles. The van der Waals surface area contributed by atoms with Gasteiger partial charge in [-0.1, -0.05) is 0 Å². The van der Waals surface area contributed by atoms with Gasteiger partial charge in [-0.3, -0.25) is 4.79 Å². The highest BCUT2D eigenvalue weighted by atomic mass is 35.5. The number of hydrogen-bond donors (Lipinski definition) is 1. The second-order valence-electron chi connectivity index (χ2n) is 5.12. The van der Waals surface area contributed by atoms with E-state index in [-0.39, 0.29) is 43.3 Å². The number of ether oxygens (including phenoxy) is 1. The van der Waals surface area contributed by atoms with E-state index < -0.39 is 10.0 Å². The summed E-state index contributed by atoms with van der Waals surface area (Å²) in [6.07, 6.45) is -0.00186. The number of hydrogen-bond acceptors (Lipinski definition) is 5. The van der Waals surface area contributed by atoms with Crippen LogP contribution in [0, 0.1) is 0 Å². The topological polar surface area (TPSA) is 79.0 Å². The average molecular weight is 344 g/mol. The van der Waals surface area contributed by atoms with Crippen molar-refractivity contribution in [3.8, 4) is 0 Å². The van der Waals surface area contributed by atoms with Gasteiger partial charge in [0, 0.05) is 33.2 Å². The predicted molar refractivity (Wildman–Crippen MR) is 84.2 cm³/mol. The molecule has 0 bridgehead atoms. The van der Waals surface area contributed by atoms with Gasteiger partial charge < -0.3 is 15.0 Å². The van der Waals surface area contributed by atoms with E-state index >= 15 is 0 Å². The molecule has 7 nitrogen and oxygen atoms in total. The van der Waals surface area contributed by atoms with Gasteiger partial charge in [0.2, 0.25) is 15.9 Å². The Labute approximate surface area is 133 Å². The molecule has 0 aliphatic carbocycles. The van der Waals surface area contributed by atoms with Crippen molar-refractivity contribution in [2.45, 2.75) is 20.0 Å². The highest BCUT2D eigenvalue weighted by Gasteiger charge is 2.24. The molecule has 1 N–H and O–H groups in total. The Kier molecular flexibility index (Phi) is 9.39. The quantitative estimate of drug-likeness (QED) is 0.676. The number of halogens is 1. The molecule has 0 radical (unpaired) electrons. The van der Waals surface area contributed by atoms with Gasteiger partial charge in [0.25, 0.3) is 0 Å². The zero-order valence-corrected chi connectivity index (χ0v) is 14.5. The lowest BCUT2D eigenvalue weighted by molar-refractivity contribution is -0.131. The Morgan fingerprint density at radius 3 is 2.43 bits per heavy atom. The lowest BCUT2D eigenvalue weighted by atomic mass is 10.3. The average Bonchev–Trinajstić information content (AvgIpc) is 2.38. The SMILES string of the molecule is CC(C)OCCS(=O)(=O)N(C)CC(=O)N1CCNCC1.Cl. The van der Waals surface area contributed by atoms with Crippen LogP contribution in [0.5, 0.6) is 0 Å². The van der Waals surface area contributed by atoms with Crippen LogP contribution in [0.3, 0.4) is 0 Å². The molecule has 126 valence electrons. The Balaban J connectivity index is 0.00000400. The molecule has 1 aliphatic heterocycles. The minimum absolute atomic E-state index is 0. The summed E-state index contributed by atoms with van der Waals surface area (Å²) < 4.78 is 30.3. The highest BCUT2D eigenvalue weighted by Crippen LogP contribution is 2.02. The summed E-state index contributed by atoms with van der Waals surface area (Å²) in [5, 5.41) is 3.15. The molecule has 0 spiro atoms. The fourth-order valence-corrected chi connectivity index (χ4v) is 2.77. The third-order valence-corrected chi connectivity index (χ3v) is 4.86. The molecule has 1 saturated heterocycles. The van der Waals surface area contributed by atoms with Crippen LogP contribution < -0.4 is 5.32 Å². The Bertz CT molecular complexity index is 411. The predicted octanol–water partition coefficient (Wildman–Crippen LogP) is -0.473. The molecule has 1 aliphatic rings. The number of carbonyl (C=O) groups is 1. The summed E-state index contributed by atoms with van der Waals surface area (Å²) in [7, 11) is -2.01. The smallest absolute Gasteiger partial charge is 0.237 e. The first-order valence-corrected chi connectivity index (χ1v) is 8.48. The maximum atomic E-state index is 12.0. The van der Waals surface area contributed by atoms with E-state index in [9.17, 15) is 13.2 Å². The van der Waals surface area contributed by atoms with Crippen molar-refractivity contribution in [3.05, 3.63) is 0 Å². The molecule has 1 fully saturated rings. The van der Waals surface area contributed by atoms with Crippen LogP contribution in [0.4, 0.5) is 0 Å². The highest BCUT2D eigenvalue weighted by molar-refractivity contribution is 7.89. The standard InChI is InChI=1S/C12H25N3O4S.ClH/c1-11(2)19-8-9-20(17,18)14(3)10-12(16)15-6-4-13-5-7-15;/h11,13H,4-10H2,1-3H3;1H. The minimum atomic E-state index is -3.44. The van der Waals surface area contributed by atoms with E-state index in [1.165, 1.54) is 7.05 Å². The molecule has 1 amide bonds. The number of carbonyl (C=O) groups excluding carboxylic acids is 1. The first kappa shape index (κ1) is 20.6. The maximum Gasteiger partial charge on any atom is 0.237 e. The normalized spacial score (nSPS) is 16.1. The third kappa shape index (κ3) is 7.42. The molecule has 0 atom stereocenters. The van der Waals surface area contributed by atoms with Crippen LogP contribution in [-0.2, 0) is 19.6 Å². The van der Waals surface area contributed by atoms with Gasteiger partial charge in [0.1, 0.15) is 0 Å².